The van der Waals surface area contributed by atoms with Gasteiger partial charge in [-0.3, -0.25) is 9.69 Å². The number of benzene rings is 1. The average molecular weight is 388 g/mol. The number of carbonyl (C=O) groups excluding carboxylic acids is 1. The third-order valence-electron chi connectivity index (χ3n) is 5.94. The maximum absolute atomic E-state index is 12.5. The second kappa shape index (κ2) is 8.95. The van der Waals surface area contributed by atoms with Gasteiger partial charge < -0.3 is 15.7 Å². The van der Waals surface area contributed by atoms with Crippen LogP contribution in [0, 0.1) is 12.8 Å². The molecule has 1 aromatic rings. The van der Waals surface area contributed by atoms with Crippen molar-refractivity contribution in [3.63, 3.8) is 0 Å². The van der Waals surface area contributed by atoms with Crippen LogP contribution in [0.5, 0.6) is 0 Å². The van der Waals surface area contributed by atoms with Gasteiger partial charge in [0.25, 0.3) is 0 Å². The molecule has 28 heavy (non-hydrogen) atoms. The molecule has 0 bridgehead atoms. The minimum absolute atomic E-state index is 0.100. The third-order valence-corrected chi connectivity index (χ3v) is 5.94. The molecule has 1 aromatic carbocycles. The van der Waals surface area contributed by atoms with Crippen molar-refractivity contribution in [1.29, 1.82) is 0 Å². The van der Waals surface area contributed by atoms with Gasteiger partial charge in [-0.15, -0.1) is 0 Å². The molecule has 0 unspecified atom stereocenters. The summed E-state index contributed by atoms with van der Waals surface area (Å²) in [6.45, 7) is 7.26. The van der Waals surface area contributed by atoms with Crippen LogP contribution in [-0.2, 0) is 17.6 Å². The van der Waals surface area contributed by atoms with Crippen molar-refractivity contribution in [3.8, 4) is 0 Å². The molecule has 2 fully saturated rings. The van der Waals surface area contributed by atoms with Crippen LogP contribution >= 0.6 is 0 Å². The van der Waals surface area contributed by atoms with Crippen molar-refractivity contribution >= 4 is 17.7 Å². The second-order valence-corrected chi connectivity index (χ2v) is 8.35. The van der Waals surface area contributed by atoms with Gasteiger partial charge in [0.15, 0.2) is 0 Å². The SMILES string of the molecule is CCc1cc(C)cc(CC)c1NC(=O)NC1CC(N(CC(=O)O)CC2CC2)C1. The van der Waals surface area contributed by atoms with Crippen molar-refractivity contribution in [2.75, 3.05) is 18.4 Å². The van der Waals surface area contributed by atoms with E-state index in [1.807, 2.05) is 0 Å². The fraction of sp³-hybridized carbons (Fsp3) is 0.636. The first-order valence-corrected chi connectivity index (χ1v) is 10.5. The first kappa shape index (κ1) is 20.6. The number of amides is 2. The molecule has 3 N–H and O–H groups in total. The van der Waals surface area contributed by atoms with E-state index in [1.54, 1.807) is 0 Å². The lowest BCUT2D eigenvalue weighted by Gasteiger charge is -2.42. The molecule has 2 amide bonds. The molecule has 0 radical (unpaired) electrons. The van der Waals surface area contributed by atoms with Crippen LogP contribution in [0.1, 0.15) is 56.2 Å². The normalized spacial score (nSPS) is 21.3. The number of hydrogen-bond donors (Lipinski definition) is 3. The summed E-state index contributed by atoms with van der Waals surface area (Å²) in [5.74, 6) is -0.107. The summed E-state index contributed by atoms with van der Waals surface area (Å²) in [7, 11) is 0. The predicted molar refractivity (Wildman–Crippen MR) is 111 cm³/mol. The maximum Gasteiger partial charge on any atom is 0.319 e. The van der Waals surface area contributed by atoms with Crippen LogP contribution in [0.3, 0.4) is 0 Å². The Morgan fingerprint density at radius 2 is 1.75 bits per heavy atom. The second-order valence-electron chi connectivity index (χ2n) is 8.35. The summed E-state index contributed by atoms with van der Waals surface area (Å²) in [6, 6.07) is 4.48. The molecule has 0 atom stereocenters. The quantitative estimate of drug-likeness (QED) is 0.605. The van der Waals surface area contributed by atoms with Gasteiger partial charge in [-0.05, 0) is 62.5 Å². The topological polar surface area (TPSA) is 81.7 Å². The lowest BCUT2D eigenvalue weighted by Crippen LogP contribution is -2.56. The molecule has 3 rings (SSSR count). The minimum Gasteiger partial charge on any atom is -0.480 e. The highest BCUT2D eigenvalue weighted by atomic mass is 16.4. The Hall–Kier alpha value is -2.08. The number of aryl methyl sites for hydroxylation is 3. The number of nitrogens with zero attached hydrogens (tertiary/aromatic N) is 1. The highest BCUT2D eigenvalue weighted by Crippen LogP contribution is 2.34. The number of urea groups is 1. The van der Waals surface area contributed by atoms with E-state index in [9.17, 15) is 9.59 Å². The van der Waals surface area contributed by atoms with Gasteiger partial charge in [-0.1, -0.05) is 31.5 Å². The lowest BCUT2D eigenvalue weighted by atomic mass is 9.85. The number of carbonyl (C=O) groups is 2. The van der Waals surface area contributed by atoms with Crippen molar-refractivity contribution < 1.29 is 14.7 Å². The number of carboxylic acids is 1. The van der Waals surface area contributed by atoms with Crippen molar-refractivity contribution in [1.82, 2.24) is 10.2 Å². The van der Waals surface area contributed by atoms with Gasteiger partial charge in [0.1, 0.15) is 0 Å². The first-order valence-electron chi connectivity index (χ1n) is 10.5. The molecule has 0 heterocycles. The Bertz CT molecular complexity index is 699. The molecule has 6 heteroatoms. The summed E-state index contributed by atoms with van der Waals surface area (Å²) in [5, 5.41) is 15.3. The number of anilines is 1. The monoisotopic (exact) mass is 387 g/mol. The first-order chi connectivity index (χ1) is 13.4. The number of aliphatic carboxylic acids is 1. The number of hydrogen-bond acceptors (Lipinski definition) is 3. The fourth-order valence-corrected chi connectivity index (χ4v) is 4.15. The van der Waals surface area contributed by atoms with E-state index in [1.165, 1.54) is 18.4 Å². The Morgan fingerprint density at radius 3 is 2.25 bits per heavy atom. The number of carboxylic acid groups (broad SMARTS) is 1. The largest absolute Gasteiger partial charge is 0.480 e. The number of rotatable bonds is 9. The molecule has 2 saturated carbocycles. The standard InChI is InChI=1S/C22H33N3O3/c1-4-16-8-14(3)9-17(5-2)21(16)24-22(28)23-18-10-19(11-18)25(13-20(26)27)12-15-6-7-15/h8-9,15,18-19H,4-7,10-13H2,1-3H3,(H,26,27)(H2,23,24,28). The van der Waals surface area contributed by atoms with Gasteiger partial charge in [0.2, 0.25) is 0 Å². The van der Waals surface area contributed by atoms with E-state index < -0.39 is 5.97 Å². The van der Waals surface area contributed by atoms with Gasteiger partial charge in [0.05, 0.1) is 6.54 Å². The number of nitrogens with one attached hydrogen (secondary N) is 2. The van der Waals surface area contributed by atoms with Crippen LogP contribution in [0.2, 0.25) is 0 Å². The van der Waals surface area contributed by atoms with Gasteiger partial charge in [-0.25, -0.2) is 4.79 Å². The molecule has 2 aliphatic rings. The highest BCUT2D eigenvalue weighted by Gasteiger charge is 2.37. The van der Waals surface area contributed by atoms with Crippen molar-refractivity contribution in [2.45, 2.75) is 71.4 Å². The maximum atomic E-state index is 12.5. The molecular formula is C22H33N3O3. The molecule has 6 nitrogen and oxygen atoms in total. The zero-order chi connectivity index (χ0) is 20.3. The van der Waals surface area contributed by atoms with E-state index in [0.717, 1.165) is 49.0 Å². The van der Waals surface area contributed by atoms with Crippen LogP contribution in [0.4, 0.5) is 10.5 Å². The summed E-state index contributed by atoms with van der Waals surface area (Å²) in [4.78, 5) is 25.8. The Balaban J connectivity index is 1.53. The van der Waals surface area contributed by atoms with E-state index in [2.05, 4.69) is 48.4 Å². The van der Waals surface area contributed by atoms with E-state index in [4.69, 9.17) is 5.11 Å². The van der Waals surface area contributed by atoms with Crippen LogP contribution in [-0.4, -0.2) is 47.2 Å². The van der Waals surface area contributed by atoms with E-state index in [-0.39, 0.29) is 24.7 Å². The zero-order valence-electron chi connectivity index (χ0n) is 17.3. The molecule has 2 aliphatic carbocycles. The smallest absolute Gasteiger partial charge is 0.319 e. The molecule has 154 valence electrons. The molecular weight excluding hydrogens is 354 g/mol. The Morgan fingerprint density at radius 1 is 1.14 bits per heavy atom. The third kappa shape index (κ3) is 5.25. The molecule has 0 spiro atoms. The van der Waals surface area contributed by atoms with E-state index >= 15 is 0 Å². The van der Waals surface area contributed by atoms with E-state index in [0.29, 0.717) is 5.92 Å². The zero-order valence-corrected chi connectivity index (χ0v) is 17.3. The van der Waals surface area contributed by atoms with Crippen LogP contribution in [0.15, 0.2) is 12.1 Å². The summed E-state index contributed by atoms with van der Waals surface area (Å²) in [5.41, 5.74) is 4.48. The molecule has 0 aromatic heterocycles. The highest BCUT2D eigenvalue weighted by molar-refractivity contribution is 5.91. The fourth-order valence-electron chi connectivity index (χ4n) is 4.15. The Kier molecular flexibility index (Phi) is 6.60. The molecule has 0 saturated heterocycles. The molecule has 0 aliphatic heterocycles. The van der Waals surface area contributed by atoms with Crippen molar-refractivity contribution in [3.05, 3.63) is 28.8 Å². The van der Waals surface area contributed by atoms with Crippen LogP contribution < -0.4 is 10.6 Å². The van der Waals surface area contributed by atoms with Gasteiger partial charge in [-0.2, -0.15) is 0 Å². The Labute approximate surface area is 167 Å². The summed E-state index contributed by atoms with van der Waals surface area (Å²) >= 11 is 0. The average Bonchev–Trinajstić information content (AvgIpc) is 3.41. The minimum atomic E-state index is -0.770. The van der Waals surface area contributed by atoms with Gasteiger partial charge >= 0.3 is 12.0 Å². The predicted octanol–water partition coefficient (Wildman–Crippen LogP) is 3.57. The van der Waals surface area contributed by atoms with Crippen molar-refractivity contribution in [2.24, 2.45) is 5.92 Å². The van der Waals surface area contributed by atoms with Gasteiger partial charge in [0, 0.05) is 24.3 Å². The van der Waals surface area contributed by atoms with Crippen LogP contribution in [0.25, 0.3) is 0 Å². The lowest BCUT2D eigenvalue weighted by molar-refractivity contribution is -0.139. The summed E-state index contributed by atoms with van der Waals surface area (Å²) in [6.07, 6.45) is 5.82. The summed E-state index contributed by atoms with van der Waals surface area (Å²) < 4.78 is 0.